The highest BCUT2D eigenvalue weighted by Crippen LogP contribution is 1.90. The van der Waals surface area contributed by atoms with Gasteiger partial charge in [0.25, 0.3) is 0 Å². The second-order valence-corrected chi connectivity index (χ2v) is 1.99. The molecule has 1 N–H and O–H groups in total. The molecule has 1 unspecified atom stereocenters. The molecule has 0 saturated carbocycles. The summed E-state index contributed by atoms with van der Waals surface area (Å²) in [5, 5.41) is 8.20. The van der Waals surface area contributed by atoms with Gasteiger partial charge >= 0.3 is 0 Å². The van der Waals surface area contributed by atoms with Crippen molar-refractivity contribution in [2.45, 2.75) is 12.8 Å². The lowest BCUT2D eigenvalue weighted by molar-refractivity contribution is 0.287. The van der Waals surface area contributed by atoms with Crippen molar-refractivity contribution in [2.24, 2.45) is 0 Å². The Kier molecular flexibility index (Phi) is 5.74. The van der Waals surface area contributed by atoms with Gasteiger partial charge in [-0.25, -0.2) is 0 Å². The van der Waals surface area contributed by atoms with Crippen LogP contribution in [0.15, 0.2) is 0 Å². The highest BCUT2D eigenvalue weighted by atomic mass is 31.0. The van der Waals surface area contributed by atoms with Gasteiger partial charge in [0.05, 0.1) is 6.16 Å². The van der Waals surface area contributed by atoms with Crippen LogP contribution in [0.1, 0.15) is 12.8 Å². The normalized spacial score (nSPS) is 9.50. The molecule has 6 heavy (non-hydrogen) atoms. The van der Waals surface area contributed by atoms with E-state index in [0.29, 0.717) is 6.61 Å². The maximum atomic E-state index is 8.20. The van der Waals surface area contributed by atoms with Crippen molar-refractivity contribution in [1.82, 2.24) is 0 Å². The average molecular weight is 107 g/mol. The number of unbranched alkanes of at least 4 members (excludes halogenated alkanes) is 1. The molecule has 0 aromatic heterocycles. The third kappa shape index (κ3) is 4.39. The van der Waals surface area contributed by atoms with Crippen LogP contribution in [0.25, 0.3) is 0 Å². The average Bonchev–Trinajstić information content (AvgIpc) is 1.61. The van der Waals surface area contributed by atoms with Crippen LogP contribution in [0.2, 0.25) is 0 Å². The topological polar surface area (TPSA) is 20.2 Å². The Morgan fingerprint density at radius 2 is 2.00 bits per heavy atom. The Morgan fingerprint density at radius 3 is 2.17 bits per heavy atom. The lowest BCUT2D eigenvalue weighted by atomic mass is 10.4. The molecule has 1 nitrogen and oxygen atoms in total. The minimum atomic E-state index is 0.359. The van der Waals surface area contributed by atoms with Gasteiger partial charge in [0.15, 0.2) is 0 Å². The van der Waals surface area contributed by atoms with Crippen molar-refractivity contribution in [2.75, 3.05) is 12.8 Å². The fourth-order valence-corrected chi connectivity index (χ4v) is 0.642. The molecule has 1 atom stereocenters. The molecule has 0 bridgehead atoms. The zero-order valence-corrected chi connectivity index (χ0v) is 5.40. The van der Waals surface area contributed by atoms with Gasteiger partial charge in [-0.2, -0.15) is 0 Å². The van der Waals surface area contributed by atoms with E-state index in [4.69, 9.17) is 5.11 Å². The molecule has 0 aliphatic rings. The Bertz CT molecular complexity index is 19.5. The summed E-state index contributed by atoms with van der Waals surface area (Å²) in [5.74, 6) is 0. The van der Waals surface area contributed by atoms with Crippen LogP contribution in [-0.2, 0) is 0 Å². The van der Waals surface area contributed by atoms with Crippen LogP contribution in [0.3, 0.4) is 0 Å². The van der Waals surface area contributed by atoms with Gasteiger partial charge in [0, 0.05) is 6.61 Å². The molecule has 2 heteroatoms. The minimum Gasteiger partial charge on any atom is -0.396 e. The molecule has 0 spiro atoms. The highest BCUT2D eigenvalue weighted by Gasteiger charge is 1.79. The van der Waals surface area contributed by atoms with Crippen molar-refractivity contribution < 1.29 is 5.11 Å². The molecule has 38 valence electrons. The molecule has 0 aliphatic carbocycles. The molecule has 0 aliphatic heterocycles. The second-order valence-electron chi connectivity index (χ2n) is 1.28. The third-order valence-corrected chi connectivity index (χ3v) is 1.16. The van der Waals surface area contributed by atoms with Gasteiger partial charge in [-0.15, -0.1) is 0 Å². The lowest BCUT2D eigenvalue weighted by Gasteiger charge is -1.83. The number of hydrogen-bond acceptors (Lipinski definition) is 1. The van der Waals surface area contributed by atoms with E-state index in [1.165, 1.54) is 12.6 Å². The monoisotopic (exact) mass is 107 g/mol. The lowest BCUT2D eigenvalue weighted by Crippen LogP contribution is -1.80. The van der Waals surface area contributed by atoms with E-state index in [-0.39, 0.29) is 0 Å². The van der Waals surface area contributed by atoms with Crippen LogP contribution in [-0.4, -0.2) is 17.9 Å². The fourth-order valence-electron chi connectivity index (χ4n) is 0.289. The van der Waals surface area contributed by atoms with Crippen molar-refractivity contribution in [3.63, 3.8) is 0 Å². The quantitative estimate of drug-likeness (QED) is 0.408. The van der Waals surface area contributed by atoms with Gasteiger partial charge in [0.2, 0.25) is 0 Å². The maximum absolute atomic E-state index is 8.20. The van der Waals surface area contributed by atoms with E-state index in [1.807, 2.05) is 9.24 Å². The summed E-state index contributed by atoms with van der Waals surface area (Å²) in [6.45, 7) is 0.359. The van der Waals surface area contributed by atoms with Crippen molar-refractivity contribution in [3.05, 3.63) is 0 Å². The van der Waals surface area contributed by atoms with Crippen LogP contribution in [0.5, 0.6) is 0 Å². The van der Waals surface area contributed by atoms with E-state index in [9.17, 15) is 0 Å². The number of hydrogen-bond donors (Lipinski definition) is 1. The summed E-state index contributed by atoms with van der Waals surface area (Å²) in [6, 6.07) is 0. The summed E-state index contributed by atoms with van der Waals surface area (Å²) >= 11 is 0. The van der Waals surface area contributed by atoms with Crippen LogP contribution >= 0.6 is 9.24 Å². The summed E-state index contributed by atoms with van der Waals surface area (Å²) in [4.78, 5) is 0. The standard InChI is InChI=1S/C4H11OP/c5-3-1-2-4-6/h5H,1-4,6H2/p+1. The van der Waals surface area contributed by atoms with Crippen LogP contribution < -0.4 is 0 Å². The first-order chi connectivity index (χ1) is 2.91. The first-order valence-electron chi connectivity index (χ1n) is 2.32. The molecule has 0 heterocycles. The number of aliphatic hydroxyl groups is 1. The van der Waals surface area contributed by atoms with Gasteiger partial charge in [-0.1, -0.05) is 0 Å². The first kappa shape index (κ1) is 6.39. The zero-order chi connectivity index (χ0) is 4.83. The zero-order valence-electron chi connectivity index (χ0n) is 3.98. The molecular weight excluding hydrogens is 95.0 g/mol. The summed E-state index contributed by atoms with van der Waals surface area (Å²) < 4.78 is 0. The van der Waals surface area contributed by atoms with Crippen molar-refractivity contribution in [3.8, 4) is 0 Å². The predicted octanol–water partition coefficient (Wildman–Crippen LogP) is 0.366. The first-order valence-corrected chi connectivity index (χ1v) is 3.32. The molecular formula is C4H12OP+. The van der Waals surface area contributed by atoms with E-state index in [1.54, 1.807) is 0 Å². The van der Waals surface area contributed by atoms with Gasteiger partial charge in [-0.05, 0) is 22.1 Å². The Hall–Kier alpha value is 0.390. The summed E-state index contributed by atoms with van der Waals surface area (Å²) in [5.41, 5.74) is 0. The summed E-state index contributed by atoms with van der Waals surface area (Å²) in [6.07, 6.45) is 3.37. The number of rotatable bonds is 3. The molecule has 0 rings (SSSR count). The largest absolute Gasteiger partial charge is 0.396 e. The Labute approximate surface area is 41.0 Å². The van der Waals surface area contributed by atoms with E-state index >= 15 is 0 Å². The van der Waals surface area contributed by atoms with Crippen molar-refractivity contribution in [1.29, 1.82) is 0 Å². The number of aliphatic hydroxyl groups excluding tert-OH is 1. The molecule has 0 fully saturated rings. The summed E-state index contributed by atoms with van der Waals surface area (Å²) in [7, 11) is 1.95. The Morgan fingerprint density at radius 1 is 1.33 bits per heavy atom. The molecule has 0 amide bonds. The minimum absolute atomic E-state index is 0.359. The maximum Gasteiger partial charge on any atom is 0.0527 e. The molecule has 0 aromatic rings. The second kappa shape index (κ2) is 5.39. The van der Waals surface area contributed by atoms with Crippen LogP contribution in [0.4, 0.5) is 0 Å². The molecule has 0 aromatic carbocycles. The van der Waals surface area contributed by atoms with Gasteiger partial charge in [0.1, 0.15) is 0 Å². The van der Waals surface area contributed by atoms with E-state index < -0.39 is 0 Å². The SMILES string of the molecule is OCCCC[PH3+]. The van der Waals surface area contributed by atoms with Gasteiger partial charge in [-0.3, -0.25) is 0 Å². The predicted molar refractivity (Wildman–Crippen MR) is 32.3 cm³/mol. The Balaban J connectivity index is 2.34. The van der Waals surface area contributed by atoms with Crippen molar-refractivity contribution >= 4 is 9.24 Å². The highest BCUT2D eigenvalue weighted by molar-refractivity contribution is 7.16. The third-order valence-electron chi connectivity index (χ3n) is 0.658. The van der Waals surface area contributed by atoms with Crippen LogP contribution in [0, 0.1) is 0 Å². The van der Waals surface area contributed by atoms with E-state index in [0.717, 1.165) is 6.42 Å². The fraction of sp³-hybridized carbons (Fsp3) is 1.00. The van der Waals surface area contributed by atoms with E-state index in [2.05, 4.69) is 0 Å². The van der Waals surface area contributed by atoms with Gasteiger partial charge < -0.3 is 5.11 Å². The smallest absolute Gasteiger partial charge is 0.0527 e. The molecule has 0 saturated heterocycles. The molecule has 0 radical (unpaired) electrons.